The largest absolute Gasteiger partial charge is 0.383 e. The topological polar surface area (TPSA) is 101 Å². The van der Waals surface area contributed by atoms with Gasteiger partial charge in [0.25, 0.3) is 5.56 Å². The Bertz CT molecular complexity index is 748. The van der Waals surface area contributed by atoms with Gasteiger partial charge in [-0.25, -0.2) is 4.79 Å². The number of carbonyl (C=O) groups is 1. The molecule has 7 heteroatoms. The van der Waals surface area contributed by atoms with Crippen LogP contribution in [-0.2, 0) is 11.3 Å². The van der Waals surface area contributed by atoms with E-state index in [0.29, 0.717) is 25.9 Å². The second kappa shape index (κ2) is 8.69. The summed E-state index contributed by atoms with van der Waals surface area (Å²) in [4.78, 5) is 41.3. The first kappa shape index (κ1) is 19.0. The van der Waals surface area contributed by atoms with Crippen LogP contribution in [0.1, 0.15) is 52.4 Å². The quantitative estimate of drug-likeness (QED) is 0.736. The van der Waals surface area contributed by atoms with Crippen molar-refractivity contribution in [2.45, 2.75) is 58.9 Å². The summed E-state index contributed by atoms with van der Waals surface area (Å²) in [6, 6.07) is 0. The van der Waals surface area contributed by atoms with Crippen molar-refractivity contribution in [1.29, 1.82) is 0 Å². The Hall–Kier alpha value is -2.31. The first-order valence-electron chi connectivity index (χ1n) is 9.10. The fourth-order valence-corrected chi connectivity index (χ4v) is 3.17. The van der Waals surface area contributed by atoms with Gasteiger partial charge < -0.3 is 10.6 Å². The maximum atomic E-state index is 13.0. The van der Waals surface area contributed by atoms with Crippen molar-refractivity contribution < 1.29 is 4.79 Å². The lowest BCUT2D eigenvalue weighted by Gasteiger charge is -2.28. The Morgan fingerprint density at radius 2 is 2.08 bits per heavy atom. The van der Waals surface area contributed by atoms with E-state index in [9.17, 15) is 14.4 Å². The number of nitrogen functional groups attached to an aromatic ring is 1. The van der Waals surface area contributed by atoms with Crippen molar-refractivity contribution in [3.63, 3.8) is 0 Å². The van der Waals surface area contributed by atoms with E-state index in [2.05, 4.69) is 11.1 Å². The minimum absolute atomic E-state index is 0.0790. The molecule has 0 saturated heterocycles. The lowest BCUT2D eigenvalue weighted by molar-refractivity contribution is -0.122. The molecule has 25 heavy (non-hydrogen) atoms. The molecule has 0 bridgehead atoms. The van der Waals surface area contributed by atoms with Crippen LogP contribution in [0.15, 0.2) is 21.7 Å². The molecule has 1 aromatic heterocycles. The van der Waals surface area contributed by atoms with Gasteiger partial charge >= 0.3 is 5.69 Å². The highest BCUT2D eigenvalue weighted by Gasteiger charge is 2.29. The van der Waals surface area contributed by atoms with Crippen LogP contribution in [0.3, 0.4) is 0 Å². The Labute approximate surface area is 147 Å². The van der Waals surface area contributed by atoms with E-state index in [4.69, 9.17) is 5.73 Å². The number of aromatic amines is 1. The zero-order valence-corrected chi connectivity index (χ0v) is 15.1. The molecule has 0 spiro atoms. The van der Waals surface area contributed by atoms with Crippen LogP contribution >= 0.6 is 0 Å². The number of allylic oxidation sites excluding steroid dienone is 2. The van der Waals surface area contributed by atoms with E-state index in [0.717, 1.165) is 25.7 Å². The van der Waals surface area contributed by atoms with Crippen molar-refractivity contribution in [3.8, 4) is 0 Å². The molecular weight excluding hydrogens is 320 g/mol. The first-order valence-corrected chi connectivity index (χ1v) is 9.10. The molecule has 0 saturated carbocycles. The number of amides is 1. The molecule has 1 aromatic rings. The molecular formula is C18H28N4O3. The molecule has 0 aliphatic heterocycles. The number of nitrogens with zero attached hydrogens (tertiary/aromatic N) is 2. The monoisotopic (exact) mass is 348 g/mol. The first-order chi connectivity index (χ1) is 12.0. The van der Waals surface area contributed by atoms with Gasteiger partial charge in [-0.05, 0) is 32.1 Å². The zero-order chi connectivity index (χ0) is 18.4. The molecule has 0 radical (unpaired) electrons. The number of aromatic nitrogens is 2. The molecule has 0 aromatic carbocycles. The van der Waals surface area contributed by atoms with Crippen LogP contribution in [0.5, 0.6) is 0 Å². The fourth-order valence-electron chi connectivity index (χ4n) is 3.17. The number of unbranched alkanes of at least 4 members (excludes halogenated alkanes) is 1. The van der Waals surface area contributed by atoms with Gasteiger partial charge in [-0.3, -0.25) is 19.1 Å². The fraction of sp³-hybridized carbons (Fsp3) is 0.611. The molecule has 1 heterocycles. The van der Waals surface area contributed by atoms with Gasteiger partial charge in [0.05, 0.1) is 0 Å². The second-order valence-corrected chi connectivity index (χ2v) is 6.47. The third kappa shape index (κ3) is 4.21. The van der Waals surface area contributed by atoms with Crippen molar-refractivity contribution in [2.24, 2.45) is 5.92 Å². The number of carbonyl (C=O) groups excluding carboxylic acids is 1. The summed E-state index contributed by atoms with van der Waals surface area (Å²) >= 11 is 0. The minimum Gasteiger partial charge on any atom is -0.383 e. The molecule has 1 atom stereocenters. The van der Waals surface area contributed by atoms with E-state index in [1.165, 1.54) is 9.47 Å². The van der Waals surface area contributed by atoms with E-state index in [-0.39, 0.29) is 23.3 Å². The third-order valence-corrected chi connectivity index (χ3v) is 4.55. The Kier molecular flexibility index (Phi) is 6.61. The maximum absolute atomic E-state index is 13.0. The minimum atomic E-state index is -0.594. The van der Waals surface area contributed by atoms with Crippen molar-refractivity contribution in [1.82, 2.24) is 9.55 Å². The average molecular weight is 348 g/mol. The van der Waals surface area contributed by atoms with Gasteiger partial charge in [0.15, 0.2) is 5.69 Å². The summed E-state index contributed by atoms with van der Waals surface area (Å²) in [6.45, 7) is 4.78. The van der Waals surface area contributed by atoms with Gasteiger partial charge in [0, 0.05) is 19.0 Å². The number of hydrogen-bond donors (Lipinski definition) is 2. The van der Waals surface area contributed by atoms with Crippen molar-refractivity contribution in [2.75, 3.05) is 17.2 Å². The van der Waals surface area contributed by atoms with Gasteiger partial charge in [-0.15, -0.1) is 0 Å². The molecule has 7 nitrogen and oxygen atoms in total. The van der Waals surface area contributed by atoms with E-state index < -0.39 is 11.2 Å². The van der Waals surface area contributed by atoms with E-state index in [1.54, 1.807) is 0 Å². The van der Waals surface area contributed by atoms with Crippen molar-refractivity contribution in [3.05, 3.63) is 33.0 Å². The highest BCUT2D eigenvalue weighted by atomic mass is 16.2. The molecule has 0 unspecified atom stereocenters. The SMILES string of the molecule is CCCCn1c(N)c(N(CCC)C(=O)[C@H]2CC=CCC2)c(=O)[nH]c1=O. The zero-order valence-electron chi connectivity index (χ0n) is 15.1. The third-order valence-electron chi connectivity index (χ3n) is 4.55. The number of nitrogens with one attached hydrogen (secondary N) is 1. The van der Waals surface area contributed by atoms with E-state index >= 15 is 0 Å². The van der Waals surface area contributed by atoms with E-state index in [1.807, 2.05) is 19.9 Å². The lowest BCUT2D eigenvalue weighted by Crippen LogP contribution is -2.44. The van der Waals surface area contributed by atoms with Crippen LogP contribution in [-0.4, -0.2) is 22.0 Å². The molecule has 138 valence electrons. The van der Waals surface area contributed by atoms with Gasteiger partial charge in [-0.2, -0.15) is 0 Å². The summed E-state index contributed by atoms with van der Waals surface area (Å²) in [5, 5.41) is 0. The maximum Gasteiger partial charge on any atom is 0.330 e. The Morgan fingerprint density at radius 3 is 2.68 bits per heavy atom. The number of hydrogen-bond acceptors (Lipinski definition) is 4. The summed E-state index contributed by atoms with van der Waals surface area (Å²) in [5.41, 5.74) is 5.15. The highest BCUT2D eigenvalue weighted by molar-refractivity contribution is 5.97. The molecule has 1 aliphatic rings. The van der Waals surface area contributed by atoms with Gasteiger partial charge in [0.1, 0.15) is 5.82 Å². The Morgan fingerprint density at radius 1 is 1.32 bits per heavy atom. The van der Waals surface area contributed by atoms with Gasteiger partial charge in [-0.1, -0.05) is 32.4 Å². The molecule has 0 fully saturated rings. The van der Waals surface area contributed by atoms with Gasteiger partial charge in [0.2, 0.25) is 5.91 Å². The van der Waals surface area contributed by atoms with Crippen LogP contribution in [0, 0.1) is 5.92 Å². The molecule has 1 amide bonds. The van der Waals surface area contributed by atoms with Crippen LogP contribution in [0.2, 0.25) is 0 Å². The normalized spacial score (nSPS) is 16.8. The molecule has 1 aliphatic carbocycles. The standard InChI is InChI=1S/C18H28N4O3/c1-3-5-12-22-15(19)14(16(23)20-18(22)25)21(11-4-2)17(24)13-9-7-6-8-10-13/h6-7,13H,3-5,8-12,19H2,1-2H3,(H,20,23,25)/t13-/m0/s1. The summed E-state index contributed by atoms with van der Waals surface area (Å²) in [7, 11) is 0. The number of H-pyrrole nitrogens is 1. The van der Waals surface area contributed by atoms with Crippen LogP contribution in [0.25, 0.3) is 0 Å². The summed E-state index contributed by atoms with van der Waals surface area (Å²) in [5.74, 6) is -0.161. The Balaban J connectivity index is 2.46. The summed E-state index contributed by atoms with van der Waals surface area (Å²) in [6.07, 6.45) is 8.73. The molecule has 2 rings (SSSR count). The second-order valence-electron chi connectivity index (χ2n) is 6.47. The van der Waals surface area contributed by atoms with Crippen LogP contribution in [0.4, 0.5) is 11.5 Å². The number of rotatable bonds is 7. The average Bonchev–Trinajstić information content (AvgIpc) is 2.60. The summed E-state index contributed by atoms with van der Waals surface area (Å²) < 4.78 is 1.36. The predicted octanol–water partition coefficient (Wildman–Crippen LogP) is 2.02. The highest BCUT2D eigenvalue weighted by Crippen LogP contribution is 2.25. The van der Waals surface area contributed by atoms with Crippen LogP contribution < -0.4 is 21.9 Å². The lowest BCUT2D eigenvalue weighted by atomic mass is 9.93. The molecule has 3 N–H and O–H groups in total. The van der Waals surface area contributed by atoms with Crippen molar-refractivity contribution >= 4 is 17.4 Å². The smallest absolute Gasteiger partial charge is 0.330 e. The number of nitrogens with two attached hydrogens (primary N) is 1. The predicted molar refractivity (Wildman–Crippen MR) is 99.8 cm³/mol. The number of anilines is 2.